The van der Waals surface area contributed by atoms with Crippen LogP contribution in [0.15, 0.2) is 22.7 Å². The van der Waals surface area contributed by atoms with Crippen LogP contribution in [-0.2, 0) is 4.74 Å². The molecule has 1 aliphatic carbocycles. The van der Waals surface area contributed by atoms with Crippen LogP contribution in [0.25, 0.3) is 0 Å². The van der Waals surface area contributed by atoms with Crippen molar-refractivity contribution in [1.82, 2.24) is 0 Å². The first-order valence-corrected chi connectivity index (χ1v) is 8.13. The summed E-state index contributed by atoms with van der Waals surface area (Å²) in [7, 11) is 0. The molecular weight excluding hydrogens is 320 g/mol. The van der Waals surface area contributed by atoms with E-state index in [2.05, 4.69) is 22.9 Å². The number of carbonyl (C=O) groups excluding carboxylic acids is 1. The fraction of sp³-hybridized carbons (Fsp3) is 0.562. The second-order valence-electron chi connectivity index (χ2n) is 5.16. The summed E-state index contributed by atoms with van der Waals surface area (Å²) in [5.74, 6) is 0.528. The van der Waals surface area contributed by atoms with E-state index in [1.807, 2.05) is 6.07 Å². The van der Waals surface area contributed by atoms with Crippen LogP contribution in [0.1, 0.15) is 55.8 Å². The monoisotopic (exact) mass is 340 g/mol. The Bertz CT molecular complexity index is 453. The first-order chi connectivity index (χ1) is 9.70. The minimum absolute atomic E-state index is 0.0889. The summed E-state index contributed by atoms with van der Waals surface area (Å²) < 4.78 is 11.9. The minimum Gasteiger partial charge on any atom is -0.492 e. The Morgan fingerprint density at radius 2 is 2.05 bits per heavy atom. The van der Waals surface area contributed by atoms with Crippen molar-refractivity contribution in [2.75, 3.05) is 6.61 Å². The SMILES string of the molecule is CCCOc1ccc(C(=O)OC2CCCCC2)cc1Br. The van der Waals surface area contributed by atoms with Gasteiger partial charge < -0.3 is 9.47 Å². The van der Waals surface area contributed by atoms with Crippen LogP contribution in [0.5, 0.6) is 5.75 Å². The number of carbonyl (C=O) groups is 1. The van der Waals surface area contributed by atoms with Gasteiger partial charge in [-0.2, -0.15) is 0 Å². The highest BCUT2D eigenvalue weighted by atomic mass is 79.9. The Labute approximate surface area is 128 Å². The number of hydrogen-bond donors (Lipinski definition) is 0. The van der Waals surface area contributed by atoms with E-state index in [1.165, 1.54) is 6.42 Å². The van der Waals surface area contributed by atoms with Gasteiger partial charge in [-0.1, -0.05) is 13.3 Å². The average molecular weight is 341 g/mol. The second kappa shape index (κ2) is 7.67. The van der Waals surface area contributed by atoms with Gasteiger partial charge in [0, 0.05) is 0 Å². The molecule has 0 N–H and O–H groups in total. The van der Waals surface area contributed by atoms with E-state index in [-0.39, 0.29) is 12.1 Å². The molecule has 1 fully saturated rings. The van der Waals surface area contributed by atoms with Crippen molar-refractivity contribution in [2.24, 2.45) is 0 Å². The minimum atomic E-state index is -0.236. The normalized spacial score (nSPS) is 15.9. The van der Waals surface area contributed by atoms with Crippen molar-refractivity contribution in [3.63, 3.8) is 0 Å². The van der Waals surface area contributed by atoms with Gasteiger partial charge in [0.2, 0.25) is 0 Å². The molecule has 0 saturated heterocycles. The summed E-state index contributed by atoms with van der Waals surface area (Å²) in [6.07, 6.45) is 6.60. The molecule has 0 unspecified atom stereocenters. The number of benzene rings is 1. The van der Waals surface area contributed by atoms with Crippen molar-refractivity contribution in [1.29, 1.82) is 0 Å². The van der Waals surface area contributed by atoms with Gasteiger partial charge in [-0.15, -0.1) is 0 Å². The smallest absolute Gasteiger partial charge is 0.338 e. The molecule has 0 atom stereocenters. The van der Waals surface area contributed by atoms with E-state index >= 15 is 0 Å². The first kappa shape index (κ1) is 15.4. The topological polar surface area (TPSA) is 35.5 Å². The Morgan fingerprint density at radius 1 is 1.30 bits per heavy atom. The summed E-state index contributed by atoms with van der Waals surface area (Å²) in [5.41, 5.74) is 0.575. The van der Waals surface area contributed by atoms with Crippen molar-refractivity contribution in [3.8, 4) is 5.75 Å². The third kappa shape index (κ3) is 4.23. The molecule has 0 radical (unpaired) electrons. The number of rotatable bonds is 5. The Morgan fingerprint density at radius 3 is 2.70 bits per heavy atom. The third-order valence-electron chi connectivity index (χ3n) is 3.46. The molecule has 0 amide bonds. The highest BCUT2D eigenvalue weighted by Gasteiger charge is 2.19. The summed E-state index contributed by atoms with van der Waals surface area (Å²) in [5, 5.41) is 0. The van der Waals surface area contributed by atoms with Gasteiger partial charge in [-0.3, -0.25) is 0 Å². The van der Waals surface area contributed by atoms with Gasteiger partial charge in [0.1, 0.15) is 11.9 Å². The Hall–Kier alpha value is -1.03. The summed E-state index contributed by atoms with van der Waals surface area (Å²) >= 11 is 3.44. The van der Waals surface area contributed by atoms with Crippen LogP contribution in [0.4, 0.5) is 0 Å². The van der Waals surface area contributed by atoms with Gasteiger partial charge in [0.05, 0.1) is 16.6 Å². The molecule has 1 aliphatic rings. The average Bonchev–Trinajstić information content (AvgIpc) is 2.47. The lowest BCUT2D eigenvalue weighted by molar-refractivity contribution is 0.0211. The fourth-order valence-electron chi connectivity index (χ4n) is 2.36. The van der Waals surface area contributed by atoms with Gasteiger partial charge >= 0.3 is 5.97 Å². The second-order valence-corrected chi connectivity index (χ2v) is 6.01. The molecule has 20 heavy (non-hydrogen) atoms. The Kier molecular flexibility index (Phi) is 5.89. The summed E-state index contributed by atoms with van der Waals surface area (Å²) in [4.78, 5) is 12.1. The van der Waals surface area contributed by atoms with Crippen molar-refractivity contribution >= 4 is 21.9 Å². The zero-order valence-corrected chi connectivity index (χ0v) is 13.4. The molecule has 1 saturated carbocycles. The van der Waals surface area contributed by atoms with Crippen LogP contribution >= 0.6 is 15.9 Å². The van der Waals surface area contributed by atoms with Gasteiger partial charge in [0.15, 0.2) is 0 Å². The predicted octanol–water partition coefficient (Wildman–Crippen LogP) is 4.73. The van der Waals surface area contributed by atoms with Crippen LogP contribution in [0, 0.1) is 0 Å². The summed E-state index contributed by atoms with van der Waals surface area (Å²) in [6.45, 7) is 2.73. The standard InChI is InChI=1S/C16H21BrO3/c1-2-10-19-15-9-8-12(11-14(15)17)16(18)20-13-6-4-3-5-7-13/h8-9,11,13H,2-7,10H2,1H3. The van der Waals surface area contributed by atoms with Gasteiger partial charge in [0.25, 0.3) is 0 Å². The zero-order chi connectivity index (χ0) is 14.4. The van der Waals surface area contributed by atoms with Crippen LogP contribution < -0.4 is 4.74 Å². The van der Waals surface area contributed by atoms with E-state index in [9.17, 15) is 4.79 Å². The van der Waals surface area contributed by atoms with Gasteiger partial charge in [-0.05, 0) is 66.2 Å². The maximum absolute atomic E-state index is 12.1. The fourth-order valence-corrected chi connectivity index (χ4v) is 2.85. The molecule has 1 aromatic carbocycles. The highest BCUT2D eigenvalue weighted by Crippen LogP contribution is 2.27. The molecule has 0 bridgehead atoms. The molecule has 2 rings (SSSR count). The molecular formula is C16H21BrO3. The molecule has 3 nitrogen and oxygen atoms in total. The van der Waals surface area contributed by atoms with E-state index in [0.717, 1.165) is 42.3 Å². The third-order valence-corrected chi connectivity index (χ3v) is 4.07. The number of esters is 1. The zero-order valence-electron chi connectivity index (χ0n) is 11.9. The lowest BCUT2D eigenvalue weighted by Crippen LogP contribution is -2.20. The van der Waals surface area contributed by atoms with Crippen LogP contribution in [0.2, 0.25) is 0 Å². The van der Waals surface area contributed by atoms with Crippen LogP contribution in [-0.4, -0.2) is 18.7 Å². The lowest BCUT2D eigenvalue weighted by Gasteiger charge is -2.21. The van der Waals surface area contributed by atoms with E-state index in [0.29, 0.717) is 12.2 Å². The maximum atomic E-state index is 12.1. The number of halogens is 1. The number of hydrogen-bond acceptors (Lipinski definition) is 3. The van der Waals surface area contributed by atoms with Crippen molar-refractivity contribution in [2.45, 2.75) is 51.6 Å². The number of ether oxygens (including phenoxy) is 2. The van der Waals surface area contributed by atoms with Crippen LogP contribution in [0.3, 0.4) is 0 Å². The van der Waals surface area contributed by atoms with E-state index in [4.69, 9.17) is 9.47 Å². The predicted molar refractivity (Wildman–Crippen MR) is 82.2 cm³/mol. The molecule has 4 heteroatoms. The highest BCUT2D eigenvalue weighted by molar-refractivity contribution is 9.10. The lowest BCUT2D eigenvalue weighted by atomic mass is 9.98. The van der Waals surface area contributed by atoms with E-state index in [1.54, 1.807) is 12.1 Å². The van der Waals surface area contributed by atoms with Crippen molar-refractivity contribution < 1.29 is 14.3 Å². The molecule has 0 aliphatic heterocycles. The maximum Gasteiger partial charge on any atom is 0.338 e. The first-order valence-electron chi connectivity index (χ1n) is 7.34. The summed E-state index contributed by atoms with van der Waals surface area (Å²) in [6, 6.07) is 5.36. The molecule has 110 valence electrons. The van der Waals surface area contributed by atoms with Crippen molar-refractivity contribution in [3.05, 3.63) is 28.2 Å². The Balaban J connectivity index is 1.97. The molecule has 0 heterocycles. The largest absolute Gasteiger partial charge is 0.492 e. The van der Waals surface area contributed by atoms with Gasteiger partial charge in [-0.25, -0.2) is 4.79 Å². The van der Waals surface area contributed by atoms with E-state index < -0.39 is 0 Å². The quantitative estimate of drug-likeness (QED) is 0.727. The molecule has 0 spiro atoms. The molecule has 1 aromatic rings. The molecule has 0 aromatic heterocycles.